The van der Waals surface area contributed by atoms with Crippen LogP contribution in [0.25, 0.3) is 0 Å². The first-order valence-corrected chi connectivity index (χ1v) is 7.36. The maximum absolute atomic E-state index is 10.7. The largest absolute Gasteiger partial charge is 0.481 e. The first kappa shape index (κ1) is 13.5. The Kier molecular flexibility index (Phi) is 4.72. The van der Waals surface area contributed by atoms with Gasteiger partial charge in [0.1, 0.15) is 5.01 Å². The fraction of sp³-hybridized carbons (Fsp3) is 0.692. The molecule has 2 rings (SSSR count). The molecule has 1 saturated heterocycles. The van der Waals surface area contributed by atoms with Crippen LogP contribution in [0.5, 0.6) is 0 Å². The van der Waals surface area contributed by atoms with Crippen molar-refractivity contribution < 1.29 is 9.90 Å². The summed E-state index contributed by atoms with van der Waals surface area (Å²) in [7, 11) is 0. The quantitative estimate of drug-likeness (QED) is 0.911. The first-order chi connectivity index (χ1) is 8.65. The minimum absolute atomic E-state index is 0.101. The molecular formula is C13H20N2O2S. The number of carbonyl (C=O) groups is 1. The second-order valence-electron chi connectivity index (χ2n) is 4.88. The average molecular weight is 268 g/mol. The number of aryl methyl sites for hydroxylation is 1. The summed E-state index contributed by atoms with van der Waals surface area (Å²) in [6, 6.07) is 0. The van der Waals surface area contributed by atoms with Gasteiger partial charge in [0, 0.05) is 4.88 Å². The van der Waals surface area contributed by atoms with E-state index in [9.17, 15) is 4.79 Å². The van der Waals surface area contributed by atoms with Gasteiger partial charge in [-0.1, -0.05) is 12.8 Å². The number of likely N-dealkylation sites (tertiary alicyclic amines) is 1. The zero-order chi connectivity index (χ0) is 13.0. The molecule has 100 valence electrons. The van der Waals surface area contributed by atoms with Crippen LogP contribution in [0.4, 0.5) is 0 Å². The molecule has 5 heteroatoms. The zero-order valence-corrected chi connectivity index (χ0v) is 11.6. The third-order valence-corrected chi connectivity index (χ3v) is 4.45. The number of nitrogens with zero attached hydrogens (tertiary/aromatic N) is 2. The Morgan fingerprint density at radius 3 is 2.61 bits per heavy atom. The smallest absolute Gasteiger partial charge is 0.308 e. The molecule has 1 aliphatic heterocycles. The summed E-state index contributed by atoms with van der Waals surface area (Å²) in [5, 5.41) is 9.89. The van der Waals surface area contributed by atoms with E-state index >= 15 is 0 Å². The van der Waals surface area contributed by atoms with Crippen molar-refractivity contribution in [3.05, 3.63) is 15.6 Å². The molecule has 0 radical (unpaired) electrons. The second kappa shape index (κ2) is 6.29. The minimum atomic E-state index is -0.775. The van der Waals surface area contributed by atoms with Crippen molar-refractivity contribution in [2.45, 2.75) is 45.6 Å². The monoisotopic (exact) mass is 268 g/mol. The highest BCUT2D eigenvalue weighted by atomic mass is 32.1. The van der Waals surface area contributed by atoms with Crippen LogP contribution in [0.2, 0.25) is 0 Å². The lowest BCUT2D eigenvalue weighted by atomic mass is 10.2. The summed E-state index contributed by atoms with van der Waals surface area (Å²) in [6.07, 6.45) is 5.30. The van der Waals surface area contributed by atoms with Crippen molar-refractivity contribution >= 4 is 17.3 Å². The summed E-state index contributed by atoms with van der Waals surface area (Å²) in [6.45, 7) is 5.08. The van der Waals surface area contributed by atoms with Crippen LogP contribution in [0.15, 0.2) is 0 Å². The molecule has 1 aromatic rings. The Morgan fingerprint density at radius 2 is 2.00 bits per heavy atom. The molecule has 0 atom stereocenters. The van der Waals surface area contributed by atoms with E-state index in [-0.39, 0.29) is 6.42 Å². The lowest BCUT2D eigenvalue weighted by Gasteiger charge is -2.17. The summed E-state index contributed by atoms with van der Waals surface area (Å²) >= 11 is 1.55. The molecule has 0 spiro atoms. The standard InChI is InChI=1S/C13H20N2O2S/c1-10-11(8-13(16)17)18-12(14-10)9-15-6-4-2-3-5-7-15/h2-9H2,1H3,(H,16,17). The van der Waals surface area contributed by atoms with Crippen molar-refractivity contribution in [2.24, 2.45) is 0 Å². The maximum atomic E-state index is 10.7. The van der Waals surface area contributed by atoms with Gasteiger partial charge in [-0.05, 0) is 32.9 Å². The van der Waals surface area contributed by atoms with E-state index in [0.29, 0.717) is 0 Å². The van der Waals surface area contributed by atoms with Gasteiger partial charge in [-0.25, -0.2) is 4.98 Å². The van der Waals surface area contributed by atoms with E-state index in [4.69, 9.17) is 5.11 Å². The van der Waals surface area contributed by atoms with Gasteiger partial charge in [0.2, 0.25) is 0 Å². The lowest BCUT2D eigenvalue weighted by molar-refractivity contribution is -0.136. The molecule has 0 unspecified atom stereocenters. The molecule has 18 heavy (non-hydrogen) atoms. The number of hydrogen-bond donors (Lipinski definition) is 1. The number of thiazole rings is 1. The van der Waals surface area contributed by atoms with Crippen molar-refractivity contribution in [3.8, 4) is 0 Å². The highest BCUT2D eigenvalue weighted by Gasteiger charge is 2.14. The Bertz CT molecular complexity index is 409. The van der Waals surface area contributed by atoms with Crippen LogP contribution in [0.1, 0.15) is 41.3 Å². The van der Waals surface area contributed by atoms with Crippen LogP contribution >= 0.6 is 11.3 Å². The van der Waals surface area contributed by atoms with Crippen LogP contribution in [0, 0.1) is 6.92 Å². The Hall–Kier alpha value is -0.940. The Balaban J connectivity index is 1.98. The van der Waals surface area contributed by atoms with Gasteiger partial charge >= 0.3 is 5.97 Å². The Labute approximate surface area is 112 Å². The van der Waals surface area contributed by atoms with Gasteiger partial charge < -0.3 is 5.11 Å². The molecule has 2 heterocycles. The normalized spacial score (nSPS) is 17.6. The maximum Gasteiger partial charge on any atom is 0.308 e. The van der Waals surface area contributed by atoms with Gasteiger partial charge in [0.05, 0.1) is 18.7 Å². The molecule has 1 fully saturated rings. The molecule has 0 aromatic carbocycles. The summed E-state index contributed by atoms with van der Waals surface area (Å²) < 4.78 is 0. The van der Waals surface area contributed by atoms with Crippen LogP contribution in [0.3, 0.4) is 0 Å². The minimum Gasteiger partial charge on any atom is -0.481 e. The third-order valence-electron chi connectivity index (χ3n) is 3.31. The number of hydrogen-bond acceptors (Lipinski definition) is 4. The number of carboxylic acids is 1. The van der Waals surface area contributed by atoms with E-state index in [1.54, 1.807) is 11.3 Å². The van der Waals surface area contributed by atoms with Crippen LogP contribution in [-0.2, 0) is 17.8 Å². The van der Waals surface area contributed by atoms with Gasteiger partial charge in [0.25, 0.3) is 0 Å². The molecule has 0 aliphatic carbocycles. The summed E-state index contributed by atoms with van der Waals surface area (Å²) in [5.41, 5.74) is 0.882. The molecule has 1 N–H and O–H groups in total. The number of aromatic nitrogens is 1. The van der Waals surface area contributed by atoms with E-state index < -0.39 is 5.97 Å². The van der Waals surface area contributed by atoms with E-state index in [1.807, 2.05) is 6.92 Å². The predicted molar refractivity (Wildman–Crippen MR) is 71.9 cm³/mol. The van der Waals surface area contributed by atoms with Crippen molar-refractivity contribution in [1.29, 1.82) is 0 Å². The van der Waals surface area contributed by atoms with Crippen molar-refractivity contribution in [3.63, 3.8) is 0 Å². The molecular weight excluding hydrogens is 248 g/mol. The number of aliphatic carboxylic acids is 1. The summed E-state index contributed by atoms with van der Waals surface area (Å²) in [5.74, 6) is -0.775. The molecule has 0 amide bonds. The van der Waals surface area contributed by atoms with Crippen LogP contribution < -0.4 is 0 Å². The summed E-state index contributed by atoms with van der Waals surface area (Å²) in [4.78, 5) is 18.6. The van der Waals surface area contributed by atoms with Gasteiger partial charge in [-0.15, -0.1) is 11.3 Å². The highest BCUT2D eigenvalue weighted by Crippen LogP contribution is 2.21. The highest BCUT2D eigenvalue weighted by molar-refractivity contribution is 7.11. The SMILES string of the molecule is Cc1nc(CN2CCCCCC2)sc1CC(=O)O. The molecule has 0 saturated carbocycles. The molecule has 1 aliphatic rings. The third kappa shape index (κ3) is 3.78. The van der Waals surface area contributed by atoms with E-state index in [1.165, 1.54) is 25.7 Å². The molecule has 1 aromatic heterocycles. The van der Waals surface area contributed by atoms with Crippen LogP contribution in [-0.4, -0.2) is 34.0 Å². The van der Waals surface area contributed by atoms with Gasteiger partial charge in [0.15, 0.2) is 0 Å². The fourth-order valence-electron chi connectivity index (χ4n) is 2.34. The fourth-order valence-corrected chi connectivity index (χ4v) is 3.45. The average Bonchev–Trinajstić information content (AvgIpc) is 2.53. The van der Waals surface area contributed by atoms with Gasteiger partial charge in [-0.3, -0.25) is 9.69 Å². The molecule has 4 nitrogen and oxygen atoms in total. The zero-order valence-electron chi connectivity index (χ0n) is 10.8. The number of carboxylic acid groups (broad SMARTS) is 1. The van der Waals surface area contributed by atoms with E-state index in [2.05, 4.69) is 9.88 Å². The second-order valence-corrected chi connectivity index (χ2v) is 6.05. The van der Waals surface area contributed by atoms with Crippen molar-refractivity contribution in [2.75, 3.05) is 13.1 Å². The lowest BCUT2D eigenvalue weighted by Crippen LogP contribution is -2.23. The van der Waals surface area contributed by atoms with Crippen molar-refractivity contribution in [1.82, 2.24) is 9.88 Å². The topological polar surface area (TPSA) is 53.4 Å². The predicted octanol–water partition coefficient (Wildman–Crippen LogP) is 2.45. The molecule has 0 bridgehead atoms. The van der Waals surface area contributed by atoms with Gasteiger partial charge in [-0.2, -0.15) is 0 Å². The first-order valence-electron chi connectivity index (χ1n) is 6.54. The number of rotatable bonds is 4. The van der Waals surface area contributed by atoms with E-state index in [0.717, 1.165) is 35.2 Å². The Morgan fingerprint density at radius 1 is 1.33 bits per heavy atom.